The van der Waals surface area contributed by atoms with E-state index < -0.39 is 35.5 Å². The van der Waals surface area contributed by atoms with Gasteiger partial charge in [-0.1, -0.05) is 44.0 Å². The van der Waals surface area contributed by atoms with Crippen molar-refractivity contribution >= 4 is 28.8 Å². The van der Waals surface area contributed by atoms with Crippen LogP contribution in [0.1, 0.15) is 55.3 Å². The monoisotopic (exact) mass is 605 g/mol. The summed E-state index contributed by atoms with van der Waals surface area (Å²) < 4.78 is 49.1. The number of hydrogen-bond acceptors (Lipinski definition) is 8. The van der Waals surface area contributed by atoms with Crippen molar-refractivity contribution < 1.29 is 27.3 Å². The Morgan fingerprint density at radius 3 is 2.57 bits per heavy atom. The number of H-pyrrole nitrogens is 1. The lowest BCUT2D eigenvalue weighted by molar-refractivity contribution is -0.138. The van der Waals surface area contributed by atoms with Crippen LogP contribution in [0.2, 0.25) is 0 Å². The first kappa shape index (κ1) is 30.0. The number of carbonyl (C=O) groups is 2. The van der Waals surface area contributed by atoms with E-state index in [-0.39, 0.29) is 17.0 Å². The number of nitrogens with zero attached hydrogens (tertiary/aromatic N) is 6. The molecule has 0 radical (unpaired) electrons. The summed E-state index contributed by atoms with van der Waals surface area (Å²) in [6, 6.07) is 5.34. The third-order valence-electron chi connectivity index (χ3n) is 6.51. The zero-order valence-corrected chi connectivity index (χ0v) is 24.2. The van der Waals surface area contributed by atoms with Crippen LogP contribution < -0.4 is 10.6 Å². The number of anilines is 1. The fraction of sp³-hybridized carbons (Fsp3) is 0.276. The molecule has 12 nitrogen and oxygen atoms in total. The standard InChI is InChI=1S/C29H26F3N9O3/c1-6-7-20(42)36-24-18(14-35-41(24)5)22-37-21-17(10-11-33-23(21)38-22)15-8-9-16(19(12-15)29(30,31)32)13-34-25(43)26-39-27(40-44-26)28(2,3)4/h8-12,14H,13H2,1-5H3,(H,34,43)(H,36,42)(H,33,37,38). The van der Waals surface area contributed by atoms with Gasteiger partial charge in [-0.25, -0.2) is 9.97 Å². The predicted molar refractivity (Wildman–Crippen MR) is 153 cm³/mol. The van der Waals surface area contributed by atoms with Crippen LogP contribution in [0.25, 0.3) is 33.7 Å². The first-order valence-electron chi connectivity index (χ1n) is 13.2. The molecule has 0 aliphatic carbocycles. The second-order valence-corrected chi connectivity index (χ2v) is 10.7. The molecular weight excluding hydrogens is 579 g/mol. The van der Waals surface area contributed by atoms with Crippen LogP contribution in [-0.4, -0.2) is 46.7 Å². The van der Waals surface area contributed by atoms with Crippen molar-refractivity contribution in [3.05, 3.63) is 59.5 Å². The van der Waals surface area contributed by atoms with Crippen LogP contribution in [0.15, 0.2) is 41.2 Å². The van der Waals surface area contributed by atoms with Crippen LogP contribution >= 0.6 is 0 Å². The van der Waals surface area contributed by atoms with Crippen molar-refractivity contribution in [3.8, 4) is 34.4 Å². The minimum absolute atomic E-state index is 0.163. The van der Waals surface area contributed by atoms with Crippen LogP contribution in [0.3, 0.4) is 0 Å². The molecule has 4 aromatic heterocycles. The van der Waals surface area contributed by atoms with Crippen molar-refractivity contribution in [3.63, 3.8) is 0 Å². The number of hydrogen-bond donors (Lipinski definition) is 3. The van der Waals surface area contributed by atoms with E-state index >= 15 is 0 Å². The number of aromatic nitrogens is 7. The van der Waals surface area contributed by atoms with Gasteiger partial charge in [-0.3, -0.25) is 19.6 Å². The van der Waals surface area contributed by atoms with E-state index in [4.69, 9.17) is 4.52 Å². The normalized spacial score (nSPS) is 11.7. The Labute approximate surface area is 248 Å². The van der Waals surface area contributed by atoms with Gasteiger partial charge in [-0.15, -0.1) is 0 Å². The number of fused-ring (bicyclic) bond motifs is 1. The molecule has 44 heavy (non-hydrogen) atoms. The number of amides is 2. The van der Waals surface area contributed by atoms with Crippen molar-refractivity contribution in [2.45, 2.75) is 45.8 Å². The Morgan fingerprint density at radius 2 is 1.89 bits per heavy atom. The maximum atomic E-state index is 14.2. The molecular formula is C29H26F3N9O3. The summed E-state index contributed by atoms with van der Waals surface area (Å²) in [5, 5.41) is 13.0. The molecule has 5 aromatic rings. The second-order valence-electron chi connectivity index (χ2n) is 10.7. The Morgan fingerprint density at radius 1 is 1.11 bits per heavy atom. The van der Waals surface area contributed by atoms with Gasteiger partial charge in [0.1, 0.15) is 17.2 Å². The molecule has 5 rings (SSSR count). The van der Waals surface area contributed by atoms with E-state index in [2.05, 4.69) is 52.7 Å². The van der Waals surface area contributed by atoms with Gasteiger partial charge in [-0.05, 0) is 36.1 Å². The highest BCUT2D eigenvalue weighted by atomic mass is 19.4. The molecule has 0 aliphatic rings. The Bertz CT molecular complexity index is 1950. The summed E-state index contributed by atoms with van der Waals surface area (Å²) in [7, 11) is 1.62. The van der Waals surface area contributed by atoms with E-state index in [0.29, 0.717) is 39.8 Å². The predicted octanol–water partition coefficient (Wildman–Crippen LogP) is 4.62. The first-order chi connectivity index (χ1) is 20.8. The van der Waals surface area contributed by atoms with Gasteiger partial charge in [0.25, 0.3) is 0 Å². The summed E-state index contributed by atoms with van der Waals surface area (Å²) >= 11 is 0. The summed E-state index contributed by atoms with van der Waals surface area (Å²) in [4.78, 5) is 40.6. The number of rotatable bonds is 6. The van der Waals surface area contributed by atoms with Gasteiger partial charge in [0.2, 0.25) is 0 Å². The minimum atomic E-state index is -4.73. The number of imidazole rings is 1. The Hall–Kier alpha value is -5.52. The van der Waals surface area contributed by atoms with Crippen molar-refractivity contribution in [1.82, 2.24) is 40.2 Å². The van der Waals surface area contributed by atoms with Gasteiger partial charge < -0.3 is 14.8 Å². The van der Waals surface area contributed by atoms with E-state index in [1.165, 1.54) is 36.1 Å². The number of benzene rings is 1. The molecule has 0 fully saturated rings. The van der Waals surface area contributed by atoms with Gasteiger partial charge in [0.05, 0.1) is 17.3 Å². The highest BCUT2D eigenvalue weighted by Gasteiger charge is 2.34. The molecule has 0 saturated carbocycles. The molecule has 15 heteroatoms. The number of carbonyl (C=O) groups excluding carboxylic acids is 2. The van der Waals surface area contributed by atoms with Crippen LogP contribution in [-0.2, 0) is 30.0 Å². The molecule has 4 heterocycles. The number of halogens is 3. The number of aryl methyl sites for hydroxylation is 1. The molecule has 2 amide bonds. The average Bonchev–Trinajstić information content (AvgIpc) is 3.70. The van der Waals surface area contributed by atoms with Gasteiger partial charge >= 0.3 is 23.9 Å². The largest absolute Gasteiger partial charge is 0.416 e. The summed E-state index contributed by atoms with van der Waals surface area (Å²) in [5.41, 5.74) is 0.0710. The molecule has 0 aliphatic heterocycles. The fourth-order valence-electron chi connectivity index (χ4n) is 4.32. The maximum Gasteiger partial charge on any atom is 0.416 e. The van der Waals surface area contributed by atoms with Crippen LogP contribution in [0, 0.1) is 11.8 Å². The molecule has 0 atom stereocenters. The summed E-state index contributed by atoms with van der Waals surface area (Å²) in [6.45, 7) is 6.59. The molecule has 3 N–H and O–H groups in total. The maximum absolute atomic E-state index is 14.2. The zero-order chi connectivity index (χ0) is 31.8. The molecule has 226 valence electrons. The van der Waals surface area contributed by atoms with Crippen LogP contribution in [0.4, 0.5) is 19.0 Å². The Balaban J connectivity index is 1.46. The average molecular weight is 606 g/mol. The third kappa shape index (κ3) is 6.00. The quantitative estimate of drug-likeness (QED) is 0.237. The van der Waals surface area contributed by atoms with E-state index in [0.717, 1.165) is 6.07 Å². The lowest BCUT2D eigenvalue weighted by atomic mass is 9.96. The molecule has 0 bridgehead atoms. The van der Waals surface area contributed by atoms with Crippen LogP contribution in [0.5, 0.6) is 0 Å². The highest BCUT2D eigenvalue weighted by Crippen LogP contribution is 2.37. The van der Waals surface area contributed by atoms with Gasteiger partial charge in [0, 0.05) is 30.8 Å². The lowest BCUT2D eigenvalue weighted by Crippen LogP contribution is -2.25. The molecule has 0 spiro atoms. The van der Waals surface area contributed by atoms with Crippen molar-refractivity contribution in [1.29, 1.82) is 0 Å². The number of nitrogens with one attached hydrogen (secondary N) is 3. The number of aromatic amines is 1. The number of alkyl halides is 3. The van der Waals surface area contributed by atoms with Gasteiger partial charge in [-0.2, -0.15) is 23.3 Å². The molecule has 0 unspecified atom stereocenters. The second kappa shape index (κ2) is 11.3. The topological polar surface area (TPSA) is 157 Å². The zero-order valence-electron chi connectivity index (χ0n) is 24.2. The fourth-order valence-corrected chi connectivity index (χ4v) is 4.32. The SMILES string of the molecule is CC#CC(=O)Nc1c(-c2nc3c(-c4ccc(CNC(=O)c5nc(C(C)(C)C)no5)c(C(F)(F)F)c4)ccnc3[nH]2)cnn1C. The Kier molecular flexibility index (Phi) is 7.68. The first-order valence-corrected chi connectivity index (χ1v) is 13.2. The van der Waals surface area contributed by atoms with Crippen molar-refractivity contribution in [2.75, 3.05) is 5.32 Å². The highest BCUT2D eigenvalue weighted by molar-refractivity contribution is 6.05. The van der Waals surface area contributed by atoms with E-state index in [1.807, 2.05) is 20.8 Å². The smallest absolute Gasteiger partial charge is 0.344 e. The molecule has 1 aromatic carbocycles. The summed E-state index contributed by atoms with van der Waals surface area (Å²) in [5.74, 6) is 4.12. The lowest BCUT2D eigenvalue weighted by Gasteiger charge is -2.15. The van der Waals surface area contributed by atoms with E-state index in [9.17, 15) is 22.8 Å². The van der Waals surface area contributed by atoms with Gasteiger partial charge in [0.15, 0.2) is 11.5 Å². The third-order valence-corrected chi connectivity index (χ3v) is 6.51. The van der Waals surface area contributed by atoms with Crippen molar-refractivity contribution in [2.24, 2.45) is 7.05 Å². The number of pyridine rings is 1. The minimum Gasteiger partial charge on any atom is -0.344 e. The summed E-state index contributed by atoms with van der Waals surface area (Å²) in [6.07, 6.45) is -1.80. The molecule has 0 saturated heterocycles. The van der Waals surface area contributed by atoms with E-state index in [1.54, 1.807) is 13.1 Å².